The van der Waals surface area contributed by atoms with E-state index in [1.165, 1.54) is 10.4 Å². The molecule has 1 fully saturated rings. The second-order valence-electron chi connectivity index (χ2n) is 6.57. The molecule has 1 aliphatic heterocycles. The van der Waals surface area contributed by atoms with E-state index < -0.39 is 10.0 Å². The molecular formula is C20H22Cl2N2O5S. The minimum absolute atomic E-state index is 0.00794. The van der Waals surface area contributed by atoms with Crippen LogP contribution in [0.4, 0.5) is 5.69 Å². The maximum Gasteiger partial charge on any atom is 0.246 e. The molecular weight excluding hydrogens is 451 g/mol. The molecule has 1 amide bonds. The SMILES string of the molecule is CCOc1ccc(NC(=O)Cc2ccc(Cl)cc2Cl)cc1S(=O)(=O)N1CCOCC1. The number of carbonyl (C=O) groups excluding carboxylic acids is 1. The predicted octanol–water partition coefficient (Wildman–Crippen LogP) is 3.59. The number of nitrogens with one attached hydrogen (secondary N) is 1. The first-order valence-corrected chi connectivity index (χ1v) is 11.6. The summed E-state index contributed by atoms with van der Waals surface area (Å²) in [6.07, 6.45) is 0.0226. The molecule has 0 unspecified atom stereocenters. The van der Waals surface area contributed by atoms with E-state index in [1.54, 1.807) is 37.3 Å². The first kappa shape index (κ1) is 22.8. The summed E-state index contributed by atoms with van der Waals surface area (Å²) < 4.78 is 38.4. The number of carbonyl (C=O) groups is 1. The molecule has 30 heavy (non-hydrogen) atoms. The first-order valence-electron chi connectivity index (χ1n) is 9.40. The fourth-order valence-corrected chi connectivity index (χ4v) is 5.07. The van der Waals surface area contributed by atoms with Gasteiger partial charge in [-0.3, -0.25) is 4.79 Å². The summed E-state index contributed by atoms with van der Waals surface area (Å²) in [4.78, 5) is 12.5. The molecule has 0 bridgehead atoms. The number of anilines is 1. The Balaban J connectivity index is 1.83. The van der Waals surface area contributed by atoms with Crippen LogP contribution in [-0.2, 0) is 26.0 Å². The molecule has 2 aromatic rings. The molecule has 0 saturated carbocycles. The molecule has 1 heterocycles. The number of sulfonamides is 1. The van der Waals surface area contributed by atoms with Crippen molar-refractivity contribution in [2.45, 2.75) is 18.2 Å². The standard InChI is InChI=1S/C20H22Cl2N2O5S/c1-2-29-18-6-5-16(13-19(18)30(26,27)24-7-9-28-10-8-24)23-20(25)11-14-3-4-15(21)12-17(14)22/h3-6,12-13H,2,7-11H2,1H3,(H,23,25). The van der Waals surface area contributed by atoms with Gasteiger partial charge in [0.05, 0.1) is 26.2 Å². The maximum atomic E-state index is 13.1. The number of hydrogen-bond acceptors (Lipinski definition) is 5. The quantitative estimate of drug-likeness (QED) is 0.665. The lowest BCUT2D eigenvalue weighted by atomic mass is 10.1. The Morgan fingerprint density at radius 1 is 1.17 bits per heavy atom. The number of nitrogens with zero attached hydrogens (tertiary/aromatic N) is 1. The highest BCUT2D eigenvalue weighted by atomic mass is 35.5. The average Bonchev–Trinajstić information content (AvgIpc) is 2.72. The van der Waals surface area contributed by atoms with Crippen molar-refractivity contribution in [2.24, 2.45) is 0 Å². The second-order valence-corrected chi connectivity index (χ2v) is 9.32. The fraction of sp³-hybridized carbons (Fsp3) is 0.350. The Morgan fingerprint density at radius 2 is 1.90 bits per heavy atom. The van der Waals surface area contributed by atoms with Gasteiger partial charge in [0.1, 0.15) is 10.6 Å². The normalized spacial score (nSPS) is 15.0. The van der Waals surface area contributed by atoms with Gasteiger partial charge < -0.3 is 14.8 Å². The van der Waals surface area contributed by atoms with E-state index in [2.05, 4.69) is 5.32 Å². The third-order valence-corrected chi connectivity index (χ3v) is 6.99. The van der Waals surface area contributed by atoms with Gasteiger partial charge in [0.15, 0.2) is 0 Å². The predicted molar refractivity (Wildman–Crippen MR) is 116 cm³/mol. The Kier molecular flexibility index (Phi) is 7.60. The van der Waals surface area contributed by atoms with E-state index in [9.17, 15) is 13.2 Å². The summed E-state index contributed by atoms with van der Waals surface area (Å²) in [5.74, 6) is -0.0964. The topological polar surface area (TPSA) is 84.9 Å². The van der Waals surface area contributed by atoms with Crippen molar-refractivity contribution < 1.29 is 22.7 Å². The van der Waals surface area contributed by atoms with Crippen LogP contribution in [0.25, 0.3) is 0 Å². The second kappa shape index (κ2) is 9.98. The molecule has 1 saturated heterocycles. The number of benzene rings is 2. The van der Waals surface area contributed by atoms with E-state index in [1.807, 2.05) is 0 Å². The Labute approximate surface area is 185 Å². The highest BCUT2D eigenvalue weighted by Gasteiger charge is 2.29. The van der Waals surface area contributed by atoms with Gasteiger partial charge in [-0.1, -0.05) is 29.3 Å². The van der Waals surface area contributed by atoms with E-state index >= 15 is 0 Å². The fourth-order valence-electron chi connectivity index (χ4n) is 3.03. The Bertz CT molecular complexity index is 1020. The van der Waals surface area contributed by atoms with E-state index in [4.69, 9.17) is 32.7 Å². The number of hydrogen-bond donors (Lipinski definition) is 1. The van der Waals surface area contributed by atoms with Crippen LogP contribution in [-0.4, -0.2) is 51.5 Å². The van der Waals surface area contributed by atoms with Crippen molar-refractivity contribution in [3.8, 4) is 5.75 Å². The van der Waals surface area contributed by atoms with Gasteiger partial charge in [-0.2, -0.15) is 4.31 Å². The zero-order valence-corrected chi connectivity index (χ0v) is 18.7. The zero-order valence-electron chi connectivity index (χ0n) is 16.4. The van der Waals surface area contributed by atoms with Crippen LogP contribution in [0.15, 0.2) is 41.3 Å². The van der Waals surface area contributed by atoms with Crippen LogP contribution in [0.1, 0.15) is 12.5 Å². The number of ether oxygens (including phenoxy) is 2. The Morgan fingerprint density at radius 3 is 2.57 bits per heavy atom. The molecule has 10 heteroatoms. The molecule has 3 rings (SSSR count). The van der Waals surface area contributed by atoms with Gasteiger partial charge in [0, 0.05) is 28.8 Å². The monoisotopic (exact) mass is 472 g/mol. The lowest BCUT2D eigenvalue weighted by Crippen LogP contribution is -2.40. The van der Waals surface area contributed by atoms with Crippen LogP contribution in [0.3, 0.4) is 0 Å². The highest BCUT2D eigenvalue weighted by Crippen LogP contribution is 2.31. The lowest BCUT2D eigenvalue weighted by Gasteiger charge is -2.27. The summed E-state index contributed by atoms with van der Waals surface area (Å²) in [6.45, 7) is 3.28. The van der Waals surface area contributed by atoms with Crippen molar-refractivity contribution in [3.05, 3.63) is 52.0 Å². The van der Waals surface area contributed by atoms with Gasteiger partial charge in [0.2, 0.25) is 15.9 Å². The van der Waals surface area contributed by atoms with Gasteiger partial charge in [-0.15, -0.1) is 0 Å². The third kappa shape index (κ3) is 5.44. The van der Waals surface area contributed by atoms with Crippen molar-refractivity contribution in [1.82, 2.24) is 4.31 Å². The molecule has 0 radical (unpaired) electrons. The van der Waals surface area contributed by atoms with Crippen molar-refractivity contribution in [1.29, 1.82) is 0 Å². The van der Waals surface area contributed by atoms with E-state index in [-0.39, 0.29) is 36.1 Å². The van der Waals surface area contributed by atoms with Crippen molar-refractivity contribution in [3.63, 3.8) is 0 Å². The minimum atomic E-state index is -3.80. The largest absolute Gasteiger partial charge is 0.492 e. The third-order valence-electron chi connectivity index (χ3n) is 4.48. The van der Waals surface area contributed by atoms with Gasteiger partial charge in [-0.25, -0.2) is 8.42 Å². The first-order chi connectivity index (χ1) is 14.3. The minimum Gasteiger partial charge on any atom is -0.492 e. The molecule has 1 N–H and O–H groups in total. The van der Waals surface area contributed by atoms with Crippen molar-refractivity contribution in [2.75, 3.05) is 38.2 Å². The van der Waals surface area contributed by atoms with Gasteiger partial charge >= 0.3 is 0 Å². The smallest absolute Gasteiger partial charge is 0.246 e. The molecule has 0 aromatic heterocycles. The maximum absolute atomic E-state index is 13.1. The van der Waals surface area contributed by atoms with Crippen LogP contribution in [0.2, 0.25) is 10.0 Å². The lowest BCUT2D eigenvalue weighted by molar-refractivity contribution is -0.115. The average molecular weight is 473 g/mol. The number of amides is 1. The molecule has 2 aromatic carbocycles. The summed E-state index contributed by atoms with van der Waals surface area (Å²) in [5, 5.41) is 3.59. The van der Waals surface area contributed by atoms with Crippen LogP contribution < -0.4 is 10.1 Å². The molecule has 0 atom stereocenters. The summed E-state index contributed by atoms with van der Waals surface area (Å²) in [6, 6.07) is 9.45. The highest BCUT2D eigenvalue weighted by molar-refractivity contribution is 7.89. The van der Waals surface area contributed by atoms with Crippen LogP contribution in [0, 0.1) is 0 Å². The number of morpholine rings is 1. The summed E-state index contributed by atoms with van der Waals surface area (Å²) in [5.41, 5.74) is 0.964. The number of rotatable bonds is 7. The zero-order chi connectivity index (χ0) is 21.7. The molecule has 1 aliphatic rings. The molecule has 0 aliphatic carbocycles. The van der Waals surface area contributed by atoms with Crippen molar-refractivity contribution >= 4 is 44.8 Å². The molecule has 7 nitrogen and oxygen atoms in total. The van der Waals surface area contributed by atoms with E-state index in [0.29, 0.717) is 41.1 Å². The molecule has 0 spiro atoms. The van der Waals surface area contributed by atoms with Crippen LogP contribution >= 0.6 is 23.2 Å². The number of halogens is 2. The summed E-state index contributed by atoms with van der Waals surface area (Å²) >= 11 is 12.0. The van der Waals surface area contributed by atoms with Gasteiger partial charge in [0.25, 0.3) is 0 Å². The van der Waals surface area contributed by atoms with Gasteiger partial charge in [-0.05, 0) is 42.8 Å². The summed E-state index contributed by atoms with van der Waals surface area (Å²) in [7, 11) is -3.80. The van der Waals surface area contributed by atoms with Crippen LogP contribution in [0.5, 0.6) is 5.75 Å². The van der Waals surface area contributed by atoms with E-state index in [0.717, 1.165) is 0 Å². The Hall–Kier alpha value is -1.84. The molecule has 162 valence electrons.